The van der Waals surface area contributed by atoms with Crippen molar-refractivity contribution in [3.8, 4) is 0 Å². The van der Waals surface area contributed by atoms with Crippen molar-refractivity contribution in [1.29, 1.82) is 0 Å². The lowest BCUT2D eigenvalue weighted by Crippen LogP contribution is -2.38. The fraction of sp³-hybridized carbons (Fsp3) is 0.684. The number of hydrogen-bond acceptors (Lipinski definition) is 4. The average molecular weight is 368 g/mol. The van der Waals surface area contributed by atoms with Gasteiger partial charge in [0.25, 0.3) is 0 Å². The third-order valence-corrected chi connectivity index (χ3v) is 4.42. The van der Waals surface area contributed by atoms with E-state index in [0.29, 0.717) is 6.42 Å². The number of nitrogens with one attached hydrogen (secondary N) is 2. The lowest BCUT2D eigenvalue weighted by Gasteiger charge is -2.19. The minimum absolute atomic E-state index is 0.0963. The Kier molecular flexibility index (Phi) is 10.2. The molecule has 0 atom stereocenters. The molecule has 0 radical (unpaired) electrons. The average Bonchev–Trinajstić information content (AvgIpc) is 3.03. The van der Waals surface area contributed by atoms with Crippen LogP contribution >= 0.6 is 11.3 Å². The molecule has 0 aliphatic heterocycles. The van der Waals surface area contributed by atoms with Crippen molar-refractivity contribution < 1.29 is 9.53 Å². The summed E-state index contributed by atoms with van der Waals surface area (Å²) < 4.78 is 5.30. The van der Waals surface area contributed by atoms with E-state index in [1.165, 1.54) is 4.88 Å². The van der Waals surface area contributed by atoms with Gasteiger partial charge in [-0.25, -0.2) is 0 Å². The Hall–Kier alpha value is -1.56. The summed E-state index contributed by atoms with van der Waals surface area (Å²) >= 11 is 1.78. The number of esters is 1. The van der Waals surface area contributed by atoms with Crippen molar-refractivity contribution in [1.82, 2.24) is 10.6 Å². The van der Waals surface area contributed by atoms with Gasteiger partial charge in [0.05, 0.1) is 0 Å². The van der Waals surface area contributed by atoms with Crippen LogP contribution in [0, 0.1) is 0 Å². The van der Waals surface area contributed by atoms with Gasteiger partial charge in [0.2, 0.25) is 0 Å². The highest BCUT2D eigenvalue weighted by Gasteiger charge is 2.15. The predicted molar refractivity (Wildman–Crippen MR) is 106 cm³/mol. The number of carbonyl (C=O) groups excluding carboxylic acids is 1. The van der Waals surface area contributed by atoms with Crippen molar-refractivity contribution in [2.75, 3.05) is 20.1 Å². The highest BCUT2D eigenvalue weighted by molar-refractivity contribution is 7.09. The second-order valence-corrected chi connectivity index (χ2v) is 8.04. The van der Waals surface area contributed by atoms with Gasteiger partial charge in [-0.05, 0) is 51.5 Å². The van der Waals surface area contributed by atoms with Gasteiger partial charge in [0.1, 0.15) is 5.60 Å². The number of ether oxygens (including phenoxy) is 1. The quantitative estimate of drug-likeness (QED) is 0.286. The zero-order valence-corrected chi connectivity index (χ0v) is 16.9. The molecule has 0 bridgehead atoms. The molecule has 0 amide bonds. The van der Waals surface area contributed by atoms with Gasteiger partial charge >= 0.3 is 5.97 Å². The highest BCUT2D eigenvalue weighted by atomic mass is 32.1. The van der Waals surface area contributed by atoms with Crippen LogP contribution in [0.5, 0.6) is 0 Å². The first kappa shape index (κ1) is 21.5. The number of guanidine groups is 1. The minimum Gasteiger partial charge on any atom is -0.460 e. The van der Waals surface area contributed by atoms with E-state index in [9.17, 15) is 4.79 Å². The summed E-state index contributed by atoms with van der Waals surface area (Å²) in [6, 6.07) is 4.23. The molecule has 1 aromatic rings. The molecule has 1 heterocycles. The summed E-state index contributed by atoms with van der Waals surface area (Å²) in [4.78, 5) is 17.2. The van der Waals surface area contributed by atoms with Gasteiger partial charge in [-0.15, -0.1) is 11.3 Å². The molecular formula is C19H33N3O2S. The van der Waals surface area contributed by atoms with Gasteiger partial charge in [-0.3, -0.25) is 9.79 Å². The lowest BCUT2D eigenvalue weighted by molar-refractivity contribution is -0.154. The standard InChI is InChI=1S/C19H33N3O2S/c1-19(2,3)24-17(23)11-7-5-6-8-13-21-18(20-4)22-14-12-16-10-9-15-25-16/h9-10,15H,5-8,11-14H2,1-4H3,(H2,20,21,22). The zero-order valence-electron chi connectivity index (χ0n) is 16.1. The largest absolute Gasteiger partial charge is 0.460 e. The molecule has 0 fully saturated rings. The van der Waals surface area contributed by atoms with Crippen LogP contribution in [-0.4, -0.2) is 37.7 Å². The normalized spacial score (nSPS) is 12.1. The van der Waals surface area contributed by atoms with E-state index in [0.717, 1.165) is 51.2 Å². The number of nitrogens with zero attached hydrogens (tertiary/aromatic N) is 1. The second kappa shape index (κ2) is 11.9. The van der Waals surface area contributed by atoms with Gasteiger partial charge in [0, 0.05) is 31.4 Å². The lowest BCUT2D eigenvalue weighted by atomic mass is 10.1. The van der Waals surface area contributed by atoms with Crippen LogP contribution < -0.4 is 10.6 Å². The Morgan fingerprint density at radius 3 is 2.52 bits per heavy atom. The fourth-order valence-corrected chi connectivity index (χ4v) is 3.04. The smallest absolute Gasteiger partial charge is 0.306 e. The molecule has 25 heavy (non-hydrogen) atoms. The molecule has 0 saturated heterocycles. The van der Waals surface area contributed by atoms with E-state index in [2.05, 4.69) is 33.1 Å². The zero-order chi connectivity index (χ0) is 18.5. The fourth-order valence-electron chi connectivity index (χ4n) is 2.33. The van der Waals surface area contributed by atoms with Crippen molar-refractivity contribution in [2.45, 2.75) is 64.9 Å². The van der Waals surface area contributed by atoms with E-state index >= 15 is 0 Å². The molecule has 0 saturated carbocycles. The summed E-state index contributed by atoms with van der Waals surface area (Å²) in [7, 11) is 1.79. The molecule has 5 nitrogen and oxygen atoms in total. The van der Waals surface area contributed by atoms with E-state index in [-0.39, 0.29) is 11.6 Å². The monoisotopic (exact) mass is 367 g/mol. The maximum atomic E-state index is 11.6. The first-order valence-corrected chi connectivity index (χ1v) is 9.97. The summed E-state index contributed by atoms with van der Waals surface area (Å²) in [6.45, 7) is 7.48. The maximum absolute atomic E-state index is 11.6. The Morgan fingerprint density at radius 2 is 1.88 bits per heavy atom. The third kappa shape index (κ3) is 11.6. The van der Waals surface area contributed by atoms with Crippen molar-refractivity contribution in [3.05, 3.63) is 22.4 Å². The van der Waals surface area contributed by atoms with Gasteiger partial charge < -0.3 is 15.4 Å². The molecule has 142 valence electrons. The summed E-state index contributed by atoms with van der Waals surface area (Å²) in [5.41, 5.74) is -0.382. The molecule has 0 aliphatic carbocycles. The Morgan fingerprint density at radius 1 is 1.16 bits per heavy atom. The molecular weight excluding hydrogens is 334 g/mol. The van der Waals surface area contributed by atoms with E-state index < -0.39 is 0 Å². The molecule has 0 spiro atoms. The third-order valence-electron chi connectivity index (χ3n) is 3.49. The van der Waals surface area contributed by atoms with Crippen molar-refractivity contribution >= 4 is 23.3 Å². The molecule has 0 aromatic carbocycles. The molecule has 0 aliphatic rings. The van der Waals surface area contributed by atoms with Gasteiger partial charge in [-0.1, -0.05) is 18.9 Å². The van der Waals surface area contributed by atoms with Crippen molar-refractivity contribution in [2.24, 2.45) is 4.99 Å². The SMILES string of the molecule is CN=C(NCCCCCCC(=O)OC(C)(C)C)NCCc1cccs1. The van der Waals surface area contributed by atoms with Crippen LogP contribution in [-0.2, 0) is 16.0 Å². The van der Waals surface area contributed by atoms with Gasteiger partial charge in [-0.2, -0.15) is 0 Å². The summed E-state index contributed by atoms with van der Waals surface area (Å²) in [5, 5.41) is 8.76. The van der Waals surface area contributed by atoms with Crippen LogP contribution in [0.25, 0.3) is 0 Å². The van der Waals surface area contributed by atoms with Crippen LogP contribution in [0.2, 0.25) is 0 Å². The number of hydrogen-bond donors (Lipinski definition) is 2. The molecule has 0 unspecified atom stereocenters. The Labute approximate surface area is 156 Å². The number of unbranched alkanes of at least 4 members (excludes halogenated alkanes) is 3. The molecule has 1 aromatic heterocycles. The molecule has 2 N–H and O–H groups in total. The number of carbonyl (C=O) groups is 1. The Bertz CT molecular complexity index is 507. The van der Waals surface area contributed by atoms with E-state index in [1.807, 2.05) is 20.8 Å². The number of rotatable bonds is 10. The number of aliphatic imine (C=N–C) groups is 1. The first-order valence-electron chi connectivity index (χ1n) is 9.09. The van der Waals surface area contributed by atoms with Crippen LogP contribution in [0.3, 0.4) is 0 Å². The first-order chi connectivity index (χ1) is 11.9. The molecule has 1 rings (SSSR count). The summed E-state index contributed by atoms with van der Waals surface area (Å²) in [6.07, 6.45) is 5.63. The maximum Gasteiger partial charge on any atom is 0.306 e. The Balaban J connectivity index is 1.99. The van der Waals surface area contributed by atoms with Crippen LogP contribution in [0.4, 0.5) is 0 Å². The molecule has 6 heteroatoms. The van der Waals surface area contributed by atoms with Crippen LogP contribution in [0.15, 0.2) is 22.5 Å². The summed E-state index contributed by atoms with van der Waals surface area (Å²) in [5.74, 6) is 0.756. The topological polar surface area (TPSA) is 62.7 Å². The van der Waals surface area contributed by atoms with Gasteiger partial charge in [0.15, 0.2) is 5.96 Å². The predicted octanol–water partition coefficient (Wildman–Crippen LogP) is 3.75. The number of thiophene rings is 1. The van der Waals surface area contributed by atoms with E-state index in [4.69, 9.17) is 4.74 Å². The van der Waals surface area contributed by atoms with Crippen molar-refractivity contribution in [3.63, 3.8) is 0 Å². The van der Waals surface area contributed by atoms with E-state index in [1.54, 1.807) is 18.4 Å². The highest BCUT2D eigenvalue weighted by Crippen LogP contribution is 2.11. The minimum atomic E-state index is -0.382. The van der Waals surface area contributed by atoms with Crippen LogP contribution in [0.1, 0.15) is 57.8 Å². The second-order valence-electron chi connectivity index (χ2n) is 7.01.